The fourth-order valence-electron chi connectivity index (χ4n) is 3.91. The lowest BCUT2D eigenvalue weighted by Gasteiger charge is -2.20. The highest BCUT2D eigenvalue weighted by atomic mass is 19.3. The molecule has 0 bridgehead atoms. The van der Waals surface area contributed by atoms with Crippen LogP contribution in [0.15, 0.2) is 35.1 Å². The molecule has 4 rings (SSSR count). The number of fused-ring (bicyclic) bond motifs is 1. The Morgan fingerprint density at radius 3 is 2.53 bits per heavy atom. The van der Waals surface area contributed by atoms with E-state index in [4.69, 9.17) is 4.74 Å². The van der Waals surface area contributed by atoms with Crippen molar-refractivity contribution >= 4 is 22.3 Å². The molecule has 0 spiro atoms. The largest absolute Gasteiger partial charge is 0.377 e. The van der Waals surface area contributed by atoms with Crippen molar-refractivity contribution < 1.29 is 17.9 Å². The predicted octanol–water partition coefficient (Wildman–Crippen LogP) is 5.72. The Kier molecular flexibility index (Phi) is 8.09. The van der Waals surface area contributed by atoms with Crippen LogP contribution in [0.1, 0.15) is 62.3 Å². The van der Waals surface area contributed by atoms with Crippen molar-refractivity contribution in [3.05, 3.63) is 69.2 Å². The van der Waals surface area contributed by atoms with Gasteiger partial charge in [-0.05, 0) is 31.9 Å². The number of halogens is 3. The maximum absolute atomic E-state index is 14.7. The molecule has 2 aromatic heterocycles. The Hall–Kier alpha value is -3.20. The molecule has 1 N–H and O–H groups in total. The van der Waals surface area contributed by atoms with Gasteiger partial charge in [0.15, 0.2) is 0 Å². The van der Waals surface area contributed by atoms with Gasteiger partial charge in [-0.15, -0.1) is 0 Å². The third-order valence-corrected chi connectivity index (χ3v) is 5.61. The molecule has 0 saturated heterocycles. The third kappa shape index (κ3) is 4.99. The molecule has 1 atom stereocenters. The van der Waals surface area contributed by atoms with Crippen LogP contribution >= 0.6 is 0 Å². The van der Waals surface area contributed by atoms with E-state index < -0.39 is 23.8 Å². The molecule has 182 valence electrons. The Balaban J connectivity index is 0.00000158. The topological polar surface area (TPSA) is 69.0 Å². The average Bonchev–Trinajstić information content (AvgIpc) is 2.83. The van der Waals surface area contributed by atoms with Crippen LogP contribution in [0.4, 0.5) is 19.0 Å². The van der Waals surface area contributed by atoms with E-state index in [9.17, 15) is 18.0 Å². The number of anilines is 1. The molecule has 3 aromatic rings. The molecule has 0 unspecified atom stereocenters. The summed E-state index contributed by atoms with van der Waals surface area (Å²) < 4.78 is 47.8. The number of benzene rings is 1. The van der Waals surface area contributed by atoms with Crippen LogP contribution < -0.4 is 10.9 Å². The van der Waals surface area contributed by atoms with Crippen LogP contribution in [0, 0.1) is 12.7 Å². The normalized spacial score (nSPS) is 14.4. The van der Waals surface area contributed by atoms with E-state index in [1.54, 1.807) is 25.5 Å². The van der Waals surface area contributed by atoms with Crippen LogP contribution in [-0.2, 0) is 11.8 Å². The first-order chi connectivity index (χ1) is 16.3. The van der Waals surface area contributed by atoms with Crippen molar-refractivity contribution in [1.82, 2.24) is 14.5 Å². The SMILES string of the molecule is CC.Cc1nc(N[C@H](C)c2cccc(C(F)F)c2F)c2cc(C3=CCOCC3)n(C)c(=O)c2n1. The monoisotopic (exact) mass is 474 g/mol. The zero-order chi connectivity index (χ0) is 25.0. The molecule has 9 heteroatoms. The Bertz CT molecular complexity index is 1270. The molecule has 1 aromatic carbocycles. The fourth-order valence-corrected chi connectivity index (χ4v) is 3.91. The van der Waals surface area contributed by atoms with E-state index in [0.717, 1.165) is 17.3 Å². The summed E-state index contributed by atoms with van der Waals surface area (Å²) in [5.41, 5.74) is 1.09. The Labute approximate surface area is 196 Å². The molecule has 1 aliphatic rings. The molecule has 0 radical (unpaired) electrons. The first-order valence-corrected chi connectivity index (χ1v) is 11.3. The number of rotatable bonds is 5. The quantitative estimate of drug-likeness (QED) is 0.513. The molecule has 0 amide bonds. The van der Waals surface area contributed by atoms with Gasteiger partial charge in [0, 0.05) is 18.3 Å². The highest BCUT2D eigenvalue weighted by Crippen LogP contribution is 2.31. The summed E-state index contributed by atoms with van der Waals surface area (Å²) in [5, 5.41) is 3.58. The van der Waals surface area contributed by atoms with E-state index in [-0.39, 0.29) is 16.6 Å². The van der Waals surface area contributed by atoms with Crippen molar-refractivity contribution in [3.63, 3.8) is 0 Å². The molecule has 3 heterocycles. The predicted molar refractivity (Wildman–Crippen MR) is 128 cm³/mol. The second-order valence-electron chi connectivity index (χ2n) is 7.75. The second-order valence-corrected chi connectivity index (χ2v) is 7.75. The summed E-state index contributed by atoms with van der Waals surface area (Å²) in [6.45, 7) is 8.33. The molecule has 0 aliphatic carbocycles. The van der Waals surface area contributed by atoms with Gasteiger partial charge in [-0.2, -0.15) is 0 Å². The maximum Gasteiger partial charge on any atom is 0.277 e. The summed E-state index contributed by atoms with van der Waals surface area (Å²) in [7, 11) is 1.69. The lowest BCUT2D eigenvalue weighted by molar-refractivity contribution is 0.146. The highest BCUT2D eigenvalue weighted by Gasteiger charge is 2.22. The zero-order valence-electron chi connectivity index (χ0n) is 20.0. The van der Waals surface area contributed by atoms with Crippen LogP contribution in [0.5, 0.6) is 0 Å². The van der Waals surface area contributed by atoms with Crippen molar-refractivity contribution in [2.75, 3.05) is 18.5 Å². The Morgan fingerprint density at radius 2 is 1.88 bits per heavy atom. The van der Waals surface area contributed by atoms with Crippen molar-refractivity contribution in [3.8, 4) is 0 Å². The number of nitrogens with zero attached hydrogens (tertiary/aromatic N) is 3. The minimum Gasteiger partial charge on any atom is -0.377 e. The van der Waals surface area contributed by atoms with Gasteiger partial charge in [-0.1, -0.05) is 38.1 Å². The van der Waals surface area contributed by atoms with E-state index in [1.165, 1.54) is 12.1 Å². The third-order valence-electron chi connectivity index (χ3n) is 5.61. The summed E-state index contributed by atoms with van der Waals surface area (Å²) in [6.07, 6.45) is -0.321. The number of hydrogen-bond acceptors (Lipinski definition) is 5. The smallest absolute Gasteiger partial charge is 0.277 e. The van der Waals surface area contributed by atoms with Crippen molar-refractivity contribution in [2.45, 2.75) is 46.6 Å². The van der Waals surface area contributed by atoms with Gasteiger partial charge >= 0.3 is 0 Å². The number of pyridine rings is 1. The van der Waals surface area contributed by atoms with Gasteiger partial charge in [-0.3, -0.25) is 4.79 Å². The first-order valence-electron chi connectivity index (χ1n) is 11.3. The number of aromatic nitrogens is 3. The highest BCUT2D eigenvalue weighted by molar-refractivity contribution is 5.91. The summed E-state index contributed by atoms with van der Waals surface area (Å²) in [5.74, 6) is -0.251. The van der Waals surface area contributed by atoms with Gasteiger partial charge in [0.2, 0.25) is 0 Å². The molecule has 0 saturated carbocycles. The van der Waals surface area contributed by atoms with E-state index in [0.29, 0.717) is 36.7 Å². The van der Waals surface area contributed by atoms with Crippen LogP contribution in [0.25, 0.3) is 16.5 Å². The number of hydrogen-bond donors (Lipinski definition) is 1. The molecule has 6 nitrogen and oxygen atoms in total. The molecule has 34 heavy (non-hydrogen) atoms. The standard InChI is InChI=1S/C23H23F3N4O2.C2H6/c1-12(15-5-4-6-16(19(15)24)21(25)26)27-22-17-11-18(14-7-9-32-10-8-14)30(3)23(31)20(17)28-13(2)29-22;1-2/h4-7,11-12,21H,8-10H2,1-3H3,(H,27,28,29);1-2H3/t12-;/m1./s1. The minimum absolute atomic E-state index is 0.0865. The number of ether oxygens (including phenoxy) is 1. The van der Waals surface area contributed by atoms with Gasteiger partial charge < -0.3 is 14.6 Å². The first kappa shape index (κ1) is 25.4. The maximum atomic E-state index is 14.7. The lowest BCUT2D eigenvalue weighted by Crippen LogP contribution is -2.23. The Morgan fingerprint density at radius 1 is 1.18 bits per heavy atom. The zero-order valence-corrected chi connectivity index (χ0v) is 20.0. The fraction of sp³-hybridized carbons (Fsp3) is 0.400. The number of aryl methyl sites for hydroxylation is 1. The van der Waals surface area contributed by atoms with Crippen molar-refractivity contribution in [1.29, 1.82) is 0 Å². The minimum atomic E-state index is -2.91. The summed E-state index contributed by atoms with van der Waals surface area (Å²) in [6, 6.07) is 5.06. The van der Waals surface area contributed by atoms with E-state index in [2.05, 4.69) is 15.3 Å². The lowest BCUT2D eigenvalue weighted by atomic mass is 10.0. The van der Waals surface area contributed by atoms with Gasteiger partial charge in [0.05, 0.1) is 30.2 Å². The van der Waals surface area contributed by atoms with Crippen molar-refractivity contribution in [2.24, 2.45) is 7.05 Å². The number of alkyl halides is 2. The van der Waals surface area contributed by atoms with Gasteiger partial charge in [0.1, 0.15) is 23.0 Å². The summed E-state index contributed by atoms with van der Waals surface area (Å²) >= 11 is 0. The van der Waals surface area contributed by atoms with Crippen LogP contribution in [0.2, 0.25) is 0 Å². The van der Waals surface area contributed by atoms with E-state index in [1.807, 2.05) is 26.0 Å². The van der Waals surface area contributed by atoms with Crippen LogP contribution in [-0.4, -0.2) is 27.7 Å². The molecular formula is C25H29F3N4O2. The van der Waals surface area contributed by atoms with E-state index >= 15 is 0 Å². The average molecular weight is 475 g/mol. The molecule has 0 fully saturated rings. The molecule has 1 aliphatic heterocycles. The number of nitrogens with one attached hydrogen (secondary N) is 1. The van der Waals surface area contributed by atoms with Crippen LogP contribution in [0.3, 0.4) is 0 Å². The second kappa shape index (κ2) is 10.8. The molecular weight excluding hydrogens is 445 g/mol. The van der Waals surface area contributed by atoms with Gasteiger partial charge in [-0.25, -0.2) is 23.1 Å². The van der Waals surface area contributed by atoms with Gasteiger partial charge in [0.25, 0.3) is 12.0 Å². The summed E-state index contributed by atoms with van der Waals surface area (Å²) in [4.78, 5) is 21.8.